The molecule has 0 bridgehead atoms. The molecule has 0 heterocycles. The predicted octanol–water partition coefficient (Wildman–Crippen LogP) is 2.18. The van der Waals surface area contributed by atoms with Gasteiger partial charge in [0.05, 0.1) is 32.7 Å². The van der Waals surface area contributed by atoms with Crippen LogP contribution in [0.3, 0.4) is 0 Å². The van der Waals surface area contributed by atoms with Gasteiger partial charge in [-0.3, -0.25) is 14.8 Å². The van der Waals surface area contributed by atoms with Crippen LogP contribution < -0.4 is 5.32 Å². The van der Waals surface area contributed by atoms with Gasteiger partial charge in [0.1, 0.15) is 0 Å². The van der Waals surface area contributed by atoms with E-state index in [9.17, 15) is 0 Å². The fourth-order valence-electron chi connectivity index (χ4n) is 1.71. The van der Waals surface area contributed by atoms with Gasteiger partial charge >= 0.3 is 5.96 Å². The van der Waals surface area contributed by atoms with Gasteiger partial charge in [0.15, 0.2) is 0 Å². The lowest BCUT2D eigenvalue weighted by Gasteiger charge is -2.21. The van der Waals surface area contributed by atoms with Crippen molar-refractivity contribution in [2.24, 2.45) is 0 Å². The first-order valence-electron chi connectivity index (χ1n) is 6.40. The van der Waals surface area contributed by atoms with Gasteiger partial charge in [0, 0.05) is 0 Å². The zero-order valence-electron chi connectivity index (χ0n) is 11.9. The number of hydrogen-bond donors (Lipinski definition) is 1. The Morgan fingerprint density at radius 1 is 0.842 bits per heavy atom. The minimum atomic E-state index is 0.699. The van der Waals surface area contributed by atoms with Crippen molar-refractivity contribution in [2.45, 2.75) is 0 Å². The van der Waals surface area contributed by atoms with Crippen molar-refractivity contribution < 1.29 is 4.58 Å². The maximum absolute atomic E-state index is 3.80. The smallest absolute Gasteiger partial charge is 0.274 e. The SMILES string of the molecule is C=CCNC(N(CC=C)CC=C)=[N+](CC=C)CC=C. The molecule has 0 amide bonds. The summed E-state index contributed by atoms with van der Waals surface area (Å²) in [7, 11) is 0. The summed E-state index contributed by atoms with van der Waals surface area (Å²) in [5.41, 5.74) is 0. The fraction of sp³-hybridized carbons (Fsp3) is 0.312. The zero-order chi connectivity index (χ0) is 14.5. The van der Waals surface area contributed by atoms with Crippen molar-refractivity contribution in [1.82, 2.24) is 10.2 Å². The molecular formula is C16H26N3+. The highest BCUT2D eigenvalue weighted by Gasteiger charge is 2.18. The Morgan fingerprint density at radius 3 is 1.74 bits per heavy atom. The molecule has 0 atom stereocenters. The summed E-state index contributed by atoms with van der Waals surface area (Å²) >= 11 is 0. The Hall–Kier alpha value is -2.03. The molecule has 3 heteroatoms. The molecule has 0 saturated heterocycles. The molecular weight excluding hydrogens is 234 g/mol. The van der Waals surface area contributed by atoms with Gasteiger partial charge in [-0.15, -0.1) is 0 Å². The van der Waals surface area contributed by atoms with Crippen molar-refractivity contribution in [2.75, 3.05) is 32.7 Å². The van der Waals surface area contributed by atoms with Crippen molar-refractivity contribution in [3.05, 3.63) is 63.3 Å². The number of hydrogen-bond acceptors (Lipinski definition) is 0. The van der Waals surface area contributed by atoms with Crippen LogP contribution in [0.5, 0.6) is 0 Å². The van der Waals surface area contributed by atoms with E-state index in [2.05, 4.69) is 47.7 Å². The van der Waals surface area contributed by atoms with Crippen LogP contribution in [-0.4, -0.2) is 48.2 Å². The molecule has 0 saturated carbocycles. The Kier molecular flexibility index (Phi) is 9.90. The molecule has 0 aliphatic carbocycles. The summed E-state index contributed by atoms with van der Waals surface area (Å²) in [4.78, 5) is 2.16. The van der Waals surface area contributed by atoms with Gasteiger partial charge in [0.2, 0.25) is 0 Å². The highest BCUT2D eigenvalue weighted by atomic mass is 15.3. The van der Waals surface area contributed by atoms with Crippen LogP contribution in [0, 0.1) is 0 Å². The van der Waals surface area contributed by atoms with Gasteiger partial charge in [-0.2, -0.15) is 0 Å². The van der Waals surface area contributed by atoms with Crippen LogP contribution >= 0.6 is 0 Å². The van der Waals surface area contributed by atoms with E-state index in [4.69, 9.17) is 0 Å². The Morgan fingerprint density at radius 2 is 1.37 bits per heavy atom. The highest BCUT2D eigenvalue weighted by Crippen LogP contribution is 1.94. The summed E-state index contributed by atoms with van der Waals surface area (Å²) < 4.78 is 2.16. The number of guanidine groups is 1. The van der Waals surface area contributed by atoms with E-state index in [-0.39, 0.29) is 0 Å². The second-order valence-electron chi connectivity index (χ2n) is 3.96. The van der Waals surface area contributed by atoms with E-state index in [1.54, 1.807) is 0 Å². The second-order valence-corrected chi connectivity index (χ2v) is 3.96. The summed E-state index contributed by atoms with van der Waals surface area (Å²) in [5, 5.41) is 3.37. The van der Waals surface area contributed by atoms with E-state index in [0.717, 1.165) is 32.1 Å². The average Bonchev–Trinajstić information content (AvgIpc) is 2.40. The number of rotatable bonds is 10. The summed E-state index contributed by atoms with van der Waals surface area (Å²) in [6.45, 7) is 22.6. The van der Waals surface area contributed by atoms with Gasteiger partial charge in [-0.25, -0.2) is 0 Å². The third kappa shape index (κ3) is 6.46. The maximum Gasteiger partial charge on any atom is 0.349 e. The van der Waals surface area contributed by atoms with Crippen LogP contribution in [0.1, 0.15) is 0 Å². The molecule has 0 radical (unpaired) electrons. The third-order valence-electron chi connectivity index (χ3n) is 2.40. The summed E-state index contributed by atoms with van der Waals surface area (Å²) in [6, 6.07) is 0. The molecule has 104 valence electrons. The lowest BCUT2D eigenvalue weighted by molar-refractivity contribution is -0.514. The third-order valence-corrected chi connectivity index (χ3v) is 2.40. The molecule has 0 aromatic carbocycles. The fourth-order valence-corrected chi connectivity index (χ4v) is 1.71. The van der Waals surface area contributed by atoms with E-state index >= 15 is 0 Å². The topological polar surface area (TPSA) is 18.3 Å². The molecule has 0 rings (SSSR count). The zero-order valence-corrected chi connectivity index (χ0v) is 11.9. The normalized spacial score (nSPS) is 9.05. The molecule has 1 N–H and O–H groups in total. The highest BCUT2D eigenvalue weighted by molar-refractivity contribution is 5.75. The molecule has 0 aliphatic rings. The quantitative estimate of drug-likeness (QED) is 0.281. The molecule has 0 fully saturated rings. The standard InChI is InChI=1S/C16H25N3/c1-6-11-17-16(18(12-7-2)13-8-3)19(14-9-4)15-10-5/h6-10H,1-5,11-15H2/p+1. The van der Waals surface area contributed by atoms with Gasteiger partial charge in [-0.1, -0.05) is 63.3 Å². The lowest BCUT2D eigenvalue weighted by atomic mass is 10.4. The van der Waals surface area contributed by atoms with Crippen LogP contribution in [-0.2, 0) is 0 Å². The first kappa shape index (κ1) is 17.0. The number of nitrogens with one attached hydrogen (secondary N) is 1. The van der Waals surface area contributed by atoms with Crippen LogP contribution in [0.25, 0.3) is 0 Å². The van der Waals surface area contributed by atoms with Crippen LogP contribution in [0.2, 0.25) is 0 Å². The predicted molar refractivity (Wildman–Crippen MR) is 85.6 cm³/mol. The molecule has 19 heavy (non-hydrogen) atoms. The van der Waals surface area contributed by atoms with E-state index in [1.807, 2.05) is 30.4 Å². The van der Waals surface area contributed by atoms with Gasteiger partial charge in [0.25, 0.3) is 0 Å². The van der Waals surface area contributed by atoms with Gasteiger partial charge < -0.3 is 0 Å². The molecule has 3 nitrogen and oxygen atoms in total. The second kappa shape index (κ2) is 11.1. The summed E-state index contributed by atoms with van der Waals surface area (Å²) in [5.74, 6) is 1.01. The molecule has 0 unspecified atom stereocenters. The van der Waals surface area contributed by atoms with Crippen molar-refractivity contribution in [3.8, 4) is 0 Å². The first-order valence-corrected chi connectivity index (χ1v) is 6.40. The lowest BCUT2D eigenvalue weighted by Crippen LogP contribution is -2.48. The Bertz CT molecular complexity index is 331. The largest absolute Gasteiger partial charge is 0.349 e. The Balaban J connectivity index is 5.37. The van der Waals surface area contributed by atoms with Gasteiger partial charge in [-0.05, 0) is 0 Å². The van der Waals surface area contributed by atoms with Crippen molar-refractivity contribution >= 4 is 5.96 Å². The van der Waals surface area contributed by atoms with Crippen molar-refractivity contribution in [3.63, 3.8) is 0 Å². The van der Waals surface area contributed by atoms with E-state index in [0.29, 0.717) is 6.54 Å². The first-order chi connectivity index (χ1) is 9.24. The monoisotopic (exact) mass is 260 g/mol. The molecule has 0 aromatic rings. The van der Waals surface area contributed by atoms with E-state index in [1.165, 1.54) is 0 Å². The minimum Gasteiger partial charge on any atom is -0.274 e. The number of nitrogens with zero attached hydrogens (tertiary/aromatic N) is 2. The molecule has 0 aromatic heterocycles. The van der Waals surface area contributed by atoms with Crippen LogP contribution in [0.4, 0.5) is 0 Å². The molecule has 0 aliphatic heterocycles. The summed E-state index contributed by atoms with van der Waals surface area (Å²) in [6.07, 6.45) is 9.33. The van der Waals surface area contributed by atoms with Crippen molar-refractivity contribution in [1.29, 1.82) is 0 Å². The minimum absolute atomic E-state index is 0.699. The maximum atomic E-state index is 3.80. The van der Waals surface area contributed by atoms with Crippen LogP contribution in [0.15, 0.2) is 63.3 Å². The Labute approximate surface area is 117 Å². The van der Waals surface area contributed by atoms with E-state index < -0.39 is 0 Å². The molecule has 0 spiro atoms. The average molecular weight is 260 g/mol.